The van der Waals surface area contributed by atoms with Crippen molar-refractivity contribution in [3.8, 4) is 0 Å². The lowest BCUT2D eigenvalue weighted by atomic mass is 10.1. The van der Waals surface area contributed by atoms with Gasteiger partial charge in [-0.25, -0.2) is 0 Å². The largest absolute Gasteiger partial charge is 0.340 e. The van der Waals surface area contributed by atoms with Gasteiger partial charge >= 0.3 is 0 Å². The van der Waals surface area contributed by atoms with Gasteiger partial charge in [0.2, 0.25) is 0 Å². The van der Waals surface area contributed by atoms with Crippen molar-refractivity contribution in [1.82, 2.24) is 4.57 Å². The molecule has 0 fully saturated rings. The van der Waals surface area contributed by atoms with Gasteiger partial charge in [0.05, 0.1) is 5.70 Å². The second kappa shape index (κ2) is 4.88. The first-order chi connectivity index (χ1) is 10.4. The van der Waals surface area contributed by atoms with Crippen molar-refractivity contribution in [2.75, 3.05) is 0 Å². The highest BCUT2D eigenvalue weighted by molar-refractivity contribution is 6.09. The van der Waals surface area contributed by atoms with Crippen molar-refractivity contribution >= 4 is 33.7 Å². The molecule has 0 bridgehead atoms. The molecule has 0 amide bonds. The Morgan fingerprint density at radius 3 is 2.71 bits per heavy atom. The summed E-state index contributed by atoms with van der Waals surface area (Å²) < 4.78 is 2.43. The molecule has 2 heterocycles. The van der Waals surface area contributed by atoms with E-state index in [0.717, 1.165) is 25.1 Å². The minimum Gasteiger partial charge on any atom is -0.340 e. The van der Waals surface area contributed by atoms with Crippen LogP contribution in [0.25, 0.3) is 27.5 Å². The molecule has 1 aromatic heterocycles. The standard InChI is InChI=1S/C19H18N2/c1-2-12-21-18-8-4-3-6-15(18)16-13-14(9-10-19(16)21)17-7-5-11-20-17/h3-4,6-11,13H,2,5,12H2,1H3. The number of nitrogens with zero attached hydrogens (tertiary/aromatic N) is 2. The maximum absolute atomic E-state index is 4.47. The van der Waals surface area contributed by atoms with Gasteiger partial charge < -0.3 is 4.57 Å². The van der Waals surface area contributed by atoms with Crippen LogP contribution < -0.4 is 0 Å². The normalized spacial score (nSPS) is 14.2. The summed E-state index contributed by atoms with van der Waals surface area (Å²) in [4.78, 5) is 4.47. The van der Waals surface area contributed by atoms with Crippen molar-refractivity contribution in [3.05, 3.63) is 54.1 Å². The van der Waals surface area contributed by atoms with Crippen LogP contribution in [0, 0.1) is 0 Å². The molecule has 0 saturated carbocycles. The monoisotopic (exact) mass is 274 g/mol. The van der Waals surface area contributed by atoms with E-state index in [1.54, 1.807) is 0 Å². The van der Waals surface area contributed by atoms with Crippen molar-refractivity contribution in [2.45, 2.75) is 26.3 Å². The first-order valence-corrected chi connectivity index (χ1v) is 7.62. The third-order valence-corrected chi connectivity index (χ3v) is 4.16. The van der Waals surface area contributed by atoms with E-state index in [1.807, 2.05) is 6.21 Å². The second-order valence-electron chi connectivity index (χ2n) is 5.54. The second-order valence-corrected chi connectivity index (χ2v) is 5.54. The molecule has 3 aromatic rings. The molecular formula is C19H18N2. The van der Waals surface area contributed by atoms with Crippen LogP contribution in [0.5, 0.6) is 0 Å². The van der Waals surface area contributed by atoms with Crippen LogP contribution in [0.1, 0.15) is 25.3 Å². The van der Waals surface area contributed by atoms with E-state index >= 15 is 0 Å². The molecule has 0 aliphatic carbocycles. The van der Waals surface area contributed by atoms with Crippen molar-refractivity contribution < 1.29 is 0 Å². The SMILES string of the molecule is CCCn1c2ccccc2c2cc(C3=CCC=N3)ccc21. The van der Waals surface area contributed by atoms with E-state index in [1.165, 1.54) is 27.4 Å². The Morgan fingerprint density at radius 1 is 1.05 bits per heavy atom. The highest BCUT2D eigenvalue weighted by Crippen LogP contribution is 2.32. The average molecular weight is 274 g/mol. The molecule has 104 valence electrons. The number of hydrogen-bond donors (Lipinski definition) is 0. The van der Waals surface area contributed by atoms with Crippen LogP contribution >= 0.6 is 0 Å². The van der Waals surface area contributed by atoms with Crippen LogP contribution in [-0.4, -0.2) is 10.8 Å². The van der Waals surface area contributed by atoms with Crippen LogP contribution in [0.2, 0.25) is 0 Å². The number of hydrogen-bond acceptors (Lipinski definition) is 1. The van der Waals surface area contributed by atoms with E-state index < -0.39 is 0 Å². The molecule has 0 radical (unpaired) electrons. The summed E-state index contributed by atoms with van der Waals surface area (Å²) in [5.74, 6) is 0. The van der Waals surface area contributed by atoms with E-state index in [9.17, 15) is 0 Å². The smallest absolute Gasteiger partial charge is 0.0662 e. The van der Waals surface area contributed by atoms with Crippen LogP contribution in [-0.2, 0) is 6.54 Å². The zero-order chi connectivity index (χ0) is 14.2. The topological polar surface area (TPSA) is 17.3 Å². The predicted molar refractivity (Wildman–Crippen MR) is 90.8 cm³/mol. The Kier molecular flexibility index (Phi) is 2.88. The van der Waals surface area contributed by atoms with Gasteiger partial charge in [-0.3, -0.25) is 4.99 Å². The Morgan fingerprint density at radius 2 is 1.90 bits per heavy atom. The highest BCUT2D eigenvalue weighted by atomic mass is 15.0. The summed E-state index contributed by atoms with van der Waals surface area (Å²) in [6.07, 6.45) is 6.25. The van der Waals surface area contributed by atoms with Gasteiger partial charge in [-0.2, -0.15) is 0 Å². The fourth-order valence-electron chi connectivity index (χ4n) is 3.24. The van der Waals surface area contributed by atoms with Gasteiger partial charge in [0.1, 0.15) is 0 Å². The minimum absolute atomic E-state index is 0.949. The van der Waals surface area contributed by atoms with Gasteiger partial charge in [0, 0.05) is 46.5 Å². The Hall–Kier alpha value is -2.35. The predicted octanol–water partition coefficient (Wildman–Crippen LogP) is 5.02. The highest BCUT2D eigenvalue weighted by Gasteiger charge is 2.11. The van der Waals surface area contributed by atoms with Gasteiger partial charge in [-0.1, -0.05) is 37.3 Å². The summed E-state index contributed by atoms with van der Waals surface area (Å²) in [6, 6.07) is 15.4. The lowest BCUT2D eigenvalue weighted by Crippen LogP contribution is -1.95. The minimum atomic E-state index is 0.949. The van der Waals surface area contributed by atoms with Crippen molar-refractivity contribution in [2.24, 2.45) is 4.99 Å². The average Bonchev–Trinajstić information content (AvgIpc) is 3.15. The van der Waals surface area contributed by atoms with Crippen molar-refractivity contribution in [3.63, 3.8) is 0 Å². The molecule has 0 atom stereocenters. The first-order valence-electron chi connectivity index (χ1n) is 7.62. The quantitative estimate of drug-likeness (QED) is 0.638. The summed E-state index contributed by atoms with van der Waals surface area (Å²) in [5.41, 5.74) is 4.97. The number of fused-ring (bicyclic) bond motifs is 3. The maximum atomic E-state index is 4.47. The van der Waals surface area contributed by atoms with Crippen molar-refractivity contribution in [1.29, 1.82) is 0 Å². The lowest BCUT2D eigenvalue weighted by Gasteiger charge is -2.05. The van der Waals surface area contributed by atoms with Crippen LogP contribution in [0.4, 0.5) is 0 Å². The molecule has 0 spiro atoms. The molecule has 2 aromatic carbocycles. The number of rotatable bonds is 3. The first kappa shape index (κ1) is 12.4. The van der Waals surface area contributed by atoms with E-state index in [0.29, 0.717) is 0 Å². The fraction of sp³-hybridized carbons (Fsp3) is 0.211. The molecule has 4 rings (SSSR count). The fourth-order valence-corrected chi connectivity index (χ4v) is 3.24. The third-order valence-electron chi connectivity index (χ3n) is 4.16. The Bertz CT molecular complexity index is 881. The number of allylic oxidation sites excluding steroid dienone is 1. The van der Waals surface area contributed by atoms with Crippen LogP contribution in [0.15, 0.2) is 53.5 Å². The molecule has 2 nitrogen and oxygen atoms in total. The molecule has 2 heteroatoms. The summed E-state index contributed by atoms with van der Waals surface area (Å²) in [7, 11) is 0. The van der Waals surface area contributed by atoms with E-state index in [-0.39, 0.29) is 0 Å². The lowest BCUT2D eigenvalue weighted by molar-refractivity contribution is 0.724. The van der Waals surface area contributed by atoms with Gasteiger partial charge in [-0.15, -0.1) is 0 Å². The van der Waals surface area contributed by atoms with Gasteiger partial charge in [0.25, 0.3) is 0 Å². The third kappa shape index (κ3) is 1.90. The molecule has 0 unspecified atom stereocenters. The summed E-state index contributed by atoms with van der Waals surface area (Å²) in [5, 5.41) is 2.67. The molecule has 21 heavy (non-hydrogen) atoms. The van der Waals surface area contributed by atoms with Gasteiger partial charge in [0.15, 0.2) is 0 Å². The molecule has 1 aliphatic heterocycles. The Labute approximate surface area is 124 Å². The molecule has 1 aliphatic rings. The number of para-hydroxylation sites is 1. The molecule has 0 saturated heterocycles. The number of benzene rings is 2. The van der Waals surface area contributed by atoms with E-state index in [4.69, 9.17) is 0 Å². The molecular weight excluding hydrogens is 256 g/mol. The number of aromatic nitrogens is 1. The van der Waals surface area contributed by atoms with E-state index in [2.05, 4.69) is 65.0 Å². The summed E-state index contributed by atoms with van der Waals surface area (Å²) >= 11 is 0. The number of aryl methyl sites for hydroxylation is 1. The zero-order valence-corrected chi connectivity index (χ0v) is 12.2. The van der Waals surface area contributed by atoms with Gasteiger partial charge in [-0.05, 0) is 24.6 Å². The number of aliphatic imine (C=N–C) groups is 1. The molecule has 0 N–H and O–H groups in total. The maximum Gasteiger partial charge on any atom is 0.0662 e. The Balaban J connectivity index is 2.02. The van der Waals surface area contributed by atoms with Crippen LogP contribution in [0.3, 0.4) is 0 Å². The zero-order valence-electron chi connectivity index (χ0n) is 12.2. The summed E-state index contributed by atoms with van der Waals surface area (Å²) in [6.45, 7) is 3.29.